The third kappa shape index (κ3) is 4.24. The van der Waals surface area contributed by atoms with Gasteiger partial charge in [0.1, 0.15) is 11.3 Å². The van der Waals surface area contributed by atoms with Gasteiger partial charge in [-0.15, -0.1) is 0 Å². The third-order valence-corrected chi connectivity index (χ3v) is 4.95. The lowest BCUT2D eigenvalue weighted by Gasteiger charge is -2.30. The Morgan fingerprint density at radius 1 is 1.21 bits per heavy atom. The number of hydrogen-bond acceptors (Lipinski definition) is 6. The van der Waals surface area contributed by atoms with Crippen molar-refractivity contribution in [1.29, 1.82) is 0 Å². The van der Waals surface area contributed by atoms with E-state index in [1.165, 1.54) is 6.07 Å². The summed E-state index contributed by atoms with van der Waals surface area (Å²) in [6, 6.07) is 6.52. The summed E-state index contributed by atoms with van der Waals surface area (Å²) in [4.78, 5) is 13.2. The van der Waals surface area contributed by atoms with Crippen molar-refractivity contribution >= 4 is 22.5 Å². The van der Waals surface area contributed by atoms with Gasteiger partial charge in [0.2, 0.25) is 0 Å². The molecular weight excluding hydrogens is 381 g/mol. The first-order valence-corrected chi connectivity index (χ1v) is 9.37. The highest BCUT2D eigenvalue weighted by Gasteiger charge is 2.36. The van der Waals surface area contributed by atoms with E-state index in [0.29, 0.717) is 46.9 Å². The number of anilines is 2. The van der Waals surface area contributed by atoms with Gasteiger partial charge in [0, 0.05) is 44.5 Å². The fourth-order valence-electron chi connectivity index (χ4n) is 3.53. The molecule has 6 nitrogen and oxygen atoms in total. The van der Waals surface area contributed by atoms with Crippen molar-refractivity contribution in [2.45, 2.75) is 12.3 Å². The monoisotopic (exact) mass is 402 g/mol. The number of benzene rings is 1. The van der Waals surface area contributed by atoms with Crippen molar-refractivity contribution in [1.82, 2.24) is 20.3 Å². The molecule has 9 heteroatoms. The van der Waals surface area contributed by atoms with Gasteiger partial charge in [-0.2, -0.15) is 0 Å². The Balaban J connectivity index is 1.65. The third-order valence-electron chi connectivity index (χ3n) is 4.95. The number of fused-ring (bicyclic) bond motifs is 1. The molecule has 1 aliphatic rings. The smallest absolute Gasteiger partial charge is 0.260 e. The zero-order valence-corrected chi connectivity index (χ0v) is 15.8. The molecule has 1 saturated heterocycles. The van der Waals surface area contributed by atoms with E-state index < -0.39 is 11.7 Å². The molecule has 0 saturated carbocycles. The zero-order valence-electron chi connectivity index (χ0n) is 15.8. The van der Waals surface area contributed by atoms with Crippen LogP contribution in [0.1, 0.15) is 6.42 Å². The van der Waals surface area contributed by atoms with Crippen LogP contribution in [-0.4, -0.2) is 47.6 Å². The Bertz CT molecular complexity index is 1030. The number of halogens is 3. The normalized spacial score (nSPS) is 18.6. The van der Waals surface area contributed by atoms with E-state index in [1.54, 1.807) is 37.6 Å². The quantitative estimate of drug-likeness (QED) is 0.606. The highest BCUT2D eigenvalue weighted by atomic mass is 19.3. The molecule has 3 aromatic rings. The summed E-state index contributed by atoms with van der Waals surface area (Å²) in [5.74, 6) is -2.91. The van der Waals surface area contributed by atoms with Gasteiger partial charge in [0.25, 0.3) is 5.92 Å². The zero-order chi connectivity index (χ0) is 20.4. The van der Waals surface area contributed by atoms with Crippen LogP contribution in [0.4, 0.5) is 24.7 Å². The number of nitrogens with one attached hydrogen (secondary N) is 3. The second kappa shape index (κ2) is 7.82. The van der Waals surface area contributed by atoms with E-state index >= 15 is 0 Å². The summed E-state index contributed by atoms with van der Waals surface area (Å²) in [6.07, 6.45) is 2.92. The Morgan fingerprint density at radius 2 is 2.03 bits per heavy atom. The Labute approximate surface area is 166 Å². The van der Waals surface area contributed by atoms with E-state index in [9.17, 15) is 13.2 Å². The minimum atomic E-state index is -2.71. The Hall–Kier alpha value is -2.94. The summed E-state index contributed by atoms with van der Waals surface area (Å²) in [6.45, 7) is 0.528. The Kier molecular flexibility index (Phi) is 5.23. The van der Waals surface area contributed by atoms with Gasteiger partial charge in [-0.05, 0) is 24.1 Å². The molecule has 0 amide bonds. The highest BCUT2D eigenvalue weighted by Crippen LogP contribution is 2.29. The molecule has 152 valence electrons. The van der Waals surface area contributed by atoms with Crippen molar-refractivity contribution in [2.75, 3.05) is 37.3 Å². The number of piperidine rings is 1. The SMILES string of the molecule is CNc1ccc(-c2cc3nccnc3c(NCC3CNCC(F)(F)C3)n2)cc1F. The van der Waals surface area contributed by atoms with Gasteiger partial charge in [-0.1, -0.05) is 6.07 Å². The topological polar surface area (TPSA) is 74.8 Å². The van der Waals surface area contributed by atoms with Crippen molar-refractivity contribution in [3.63, 3.8) is 0 Å². The molecule has 1 fully saturated rings. The predicted octanol–water partition coefficient (Wildman–Crippen LogP) is 3.53. The van der Waals surface area contributed by atoms with Crippen molar-refractivity contribution in [3.05, 3.63) is 42.5 Å². The van der Waals surface area contributed by atoms with E-state index in [1.807, 2.05) is 0 Å². The first kappa shape index (κ1) is 19.4. The number of aromatic nitrogens is 3. The largest absolute Gasteiger partial charge is 0.386 e. The van der Waals surface area contributed by atoms with Gasteiger partial charge in [0.05, 0.1) is 23.4 Å². The maximum atomic E-state index is 14.2. The van der Waals surface area contributed by atoms with E-state index in [0.717, 1.165) is 0 Å². The lowest BCUT2D eigenvalue weighted by Crippen LogP contribution is -2.45. The molecule has 1 aliphatic heterocycles. The maximum Gasteiger partial charge on any atom is 0.260 e. The number of nitrogens with zero attached hydrogens (tertiary/aromatic N) is 3. The lowest BCUT2D eigenvalue weighted by atomic mass is 9.97. The summed E-state index contributed by atoms with van der Waals surface area (Å²) in [7, 11) is 1.65. The average Bonchev–Trinajstić information content (AvgIpc) is 2.71. The lowest BCUT2D eigenvalue weighted by molar-refractivity contribution is -0.0370. The summed E-state index contributed by atoms with van der Waals surface area (Å²) in [5, 5.41) is 8.70. The predicted molar refractivity (Wildman–Crippen MR) is 107 cm³/mol. The fraction of sp³-hybridized carbons (Fsp3) is 0.350. The van der Waals surface area contributed by atoms with Crippen LogP contribution < -0.4 is 16.0 Å². The van der Waals surface area contributed by atoms with Crippen LogP contribution >= 0.6 is 0 Å². The average molecular weight is 402 g/mol. The van der Waals surface area contributed by atoms with Gasteiger partial charge in [-0.25, -0.2) is 23.1 Å². The maximum absolute atomic E-state index is 14.2. The standard InChI is InChI=1S/C20H21F3N6/c1-24-15-3-2-13(6-14(15)21)16-7-17-18(27-5-4-26-17)19(29-16)28-10-12-8-20(22,23)11-25-9-12/h2-7,12,24-25H,8-11H2,1H3,(H,28,29). The molecule has 0 bridgehead atoms. The number of hydrogen-bond donors (Lipinski definition) is 3. The summed E-state index contributed by atoms with van der Waals surface area (Å²) >= 11 is 0. The second-order valence-corrected chi connectivity index (χ2v) is 7.16. The molecule has 1 atom stereocenters. The van der Waals surface area contributed by atoms with Crippen LogP contribution in [0.25, 0.3) is 22.3 Å². The van der Waals surface area contributed by atoms with Crippen LogP contribution in [0.2, 0.25) is 0 Å². The summed E-state index contributed by atoms with van der Waals surface area (Å²) in [5.41, 5.74) is 2.62. The Morgan fingerprint density at radius 3 is 2.79 bits per heavy atom. The molecule has 0 aliphatic carbocycles. The molecule has 1 aromatic carbocycles. The first-order chi connectivity index (χ1) is 13.9. The number of rotatable bonds is 5. The second-order valence-electron chi connectivity index (χ2n) is 7.16. The van der Waals surface area contributed by atoms with Crippen LogP contribution in [0, 0.1) is 11.7 Å². The highest BCUT2D eigenvalue weighted by molar-refractivity contribution is 5.88. The number of pyridine rings is 1. The molecule has 2 aromatic heterocycles. The fourth-order valence-corrected chi connectivity index (χ4v) is 3.53. The van der Waals surface area contributed by atoms with E-state index in [-0.39, 0.29) is 18.9 Å². The molecule has 3 N–H and O–H groups in total. The van der Waals surface area contributed by atoms with Crippen LogP contribution in [0.3, 0.4) is 0 Å². The van der Waals surface area contributed by atoms with E-state index in [2.05, 4.69) is 30.9 Å². The minimum absolute atomic E-state index is 0.188. The van der Waals surface area contributed by atoms with E-state index in [4.69, 9.17) is 0 Å². The van der Waals surface area contributed by atoms with Crippen molar-refractivity contribution < 1.29 is 13.2 Å². The molecule has 29 heavy (non-hydrogen) atoms. The van der Waals surface area contributed by atoms with Crippen LogP contribution in [0.5, 0.6) is 0 Å². The van der Waals surface area contributed by atoms with Crippen molar-refractivity contribution in [2.24, 2.45) is 5.92 Å². The number of alkyl halides is 2. The van der Waals surface area contributed by atoms with Gasteiger partial charge in [-0.3, -0.25) is 4.98 Å². The van der Waals surface area contributed by atoms with Gasteiger partial charge in [0.15, 0.2) is 5.82 Å². The molecule has 1 unspecified atom stereocenters. The van der Waals surface area contributed by atoms with Crippen LogP contribution in [0.15, 0.2) is 36.7 Å². The molecule has 0 radical (unpaired) electrons. The van der Waals surface area contributed by atoms with Crippen LogP contribution in [-0.2, 0) is 0 Å². The molecule has 4 rings (SSSR count). The first-order valence-electron chi connectivity index (χ1n) is 9.37. The molecule has 3 heterocycles. The van der Waals surface area contributed by atoms with Gasteiger partial charge >= 0.3 is 0 Å². The van der Waals surface area contributed by atoms with Gasteiger partial charge < -0.3 is 16.0 Å². The van der Waals surface area contributed by atoms with Crippen molar-refractivity contribution in [3.8, 4) is 11.3 Å². The minimum Gasteiger partial charge on any atom is -0.386 e. The molecule has 0 spiro atoms. The summed E-state index contributed by atoms with van der Waals surface area (Å²) < 4.78 is 41.5. The molecular formula is C20H21F3N6.